The van der Waals surface area contributed by atoms with E-state index in [1.165, 1.54) is 6.42 Å². The second kappa shape index (κ2) is 6.34. The molecule has 0 nitrogen and oxygen atoms in total. The molecule has 0 fully saturated rings. The molecule has 0 aromatic rings. The summed E-state index contributed by atoms with van der Waals surface area (Å²) in [5.74, 6) is 3.23. The van der Waals surface area contributed by atoms with Gasteiger partial charge < -0.3 is 5.92 Å². The fourth-order valence-corrected chi connectivity index (χ4v) is 0.880. The topological polar surface area (TPSA) is 0 Å². The first-order valence-corrected chi connectivity index (χ1v) is 3.86. The van der Waals surface area contributed by atoms with Crippen molar-refractivity contribution in [3.63, 3.8) is 0 Å². The van der Waals surface area contributed by atoms with E-state index < -0.39 is 0 Å². The first-order chi connectivity index (χ1) is 4.04. The normalized spacial score (nSPS) is 10.8. The summed E-state index contributed by atoms with van der Waals surface area (Å²) in [5, 5.41) is 0. The van der Waals surface area contributed by atoms with Crippen molar-refractivity contribution in [1.82, 2.24) is 0 Å². The zero-order chi connectivity index (χ0) is 7.44. The molecular formula is C9H19Rh-. The zero-order valence-electron chi connectivity index (χ0n) is 7.70. The Balaban J connectivity index is 0. The third kappa shape index (κ3) is 6.74. The molecule has 0 spiro atoms. The molecule has 0 aromatic heterocycles. The number of hydrogen-bond donors (Lipinski definition) is 0. The van der Waals surface area contributed by atoms with E-state index in [0.717, 1.165) is 11.8 Å². The molecule has 0 aliphatic heterocycles. The molecule has 0 rings (SSSR count). The van der Waals surface area contributed by atoms with Crippen LogP contribution in [0, 0.1) is 17.8 Å². The molecule has 0 amide bonds. The molecule has 0 bridgehead atoms. The van der Waals surface area contributed by atoms with E-state index in [0.29, 0.717) is 0 Å². The minimum atomic E-state index is 0. The van der Waals surface area contributed by atoms with Crippen LogP contribution in [0.1, 0.15) is 41.0 Å². The molecule has 0 aliphatic rings. The Bertz CT molecular complexity index is 67.1. The van der Waals surface area contributed by atoms with Gasteiger partial charge in [0.25, 0.3) is 0 Å². The maximum absolute atomic E-state index is 2.27. The van der Waals surface area contributed by atoms with Gasteiger partial charge in [-0.1, -0.05) is 33.6 Å². The van der Waals surface area contributed by atoms with Gasteiger partial charge in [-0.25, -0.2) is 0 Å². The predicted octanol–water partition coefficient (Wildman–Crippen LogP) is 3.28. The summed E-state index contributed by atoms with van der Waals surface area (Å²) in [5.41, 5.74) is 0. The summed E-state index contributed by atoms with van der Waals surface area (Å²) < 4.78 is 0. The SMILES string of the molecule is C[C-](CC(C)C)C(C)C.[Rh]. The molecule has 10 heavy (non-hydrogen) atoms. The van der Waals surface area contributed by atoms with Crippen molar-refractivity contribution in [1.29, 1.82) is 0 Å². The minimum absolute atomic E-state index is 0. The smallest absolute Gasteiger partial charge is 0 e. The molecular weight excluding hydrogens is 211 g/mol. The Labute approximate surface area is 78.5 Å². The van der Waals surface area contributed by atoms with Crippen LogP contribution in [0.3, 0.4) is 0 Å². The molecule has 1 heteroatoms. The molecule has 65 valence electrons. The van der Waals surface area contributed by atoms with Gasteiger partial charge in [0.2, 0.25) is 0 Å². The maximum atomic E-state index is 2.27. The van der Waals surface area contributed by atoms with Crippen LogP contribution in [0.5, 0.6) is 0 Å². The average Bonchev–Trinajstić information content (AvgIpc) is 1.63. The van der Waals surface area contributed by atoms with Crippen LogP contribution >= 0.6 is 0 Å². The number of hydrogen-bond acceptors (Lipinski definition) is 0. The Morgan fingerprint density at radius 3 is 1.60 bits per heavy atom. The summed E-state index contributed by atoms with van der Waals surface area (Å²) in [6, 6.07) is 0. The Morgan fingerprint density at radius 2 is 1.50 bits per heavy atom. The van der Waals surface area contributed by atoms with Gasteiger partial charge in [0.05, 0.1) is 0 Å². The quantitative estimate of drug-likeness (QED) is 0.515. The third-order valence-corrected chi connectivity index (χ3v) is 1.72. The molecule has 1 radical (unpaired) electrons. The zero-order valence-corrected chi connectivity index (χ0v) is 9.33. The second-order valence-electron chi connectivity index (χ2n) is 3.60. The summed E-state index contributed by atoms with van der Waals surface area (Å²) >= 11 is 0. The van der Waals surface area contributed by atoms with Gasteiger partial charge in [0.15, 0.2) is 0 Å². The van der Waals surface area contributed by atoms with Crippen molar-refractivity contribution in [2.24, 2.45) is 11.8 Å². The van der Waals surface area contributed by atoms with Gasteiger partial charge in [0.1, 0.15) is 0 Å². The van der Waals surface area contributed by atoms with Crippen molar-refractivity contribution in [2.45, 2.75) is 41.0 Å². The van der Waals surface area contributed by atoms with E-state index in [1.807, 2.05) is 0 Å². The van der Waals surface area contributed by atoms with Crippen molar-refractivity contribution in [3.05, 3.63) is 5.92 Å². The molecule has 0 heterocycles. The average molecular weight is 230 g/mol. The van der Waals surface area contributed by atoms with E-state index in [9.17, 15) is 0 Å². The molecule has 0 N–H and O–H groups in total. The summed E-state index contributed by atoms with van der Waals surface area (Å²) in [6.45, 7) is 11.3. The molecule has 0 aliphatic carbocycles. The maximum Gasteiger partial charge on any atom is 0 e. The van der Waals surface area contributed by atoms with Crippen molar-refractivity contribution in [2.75, 3.05) is 0 Å². The monoisotopic (exact) mass is 230 g/mol. The van der Waals surface area contributed by atoms with Crippen molar-refractivity contribution in [3.8, 4) is 0 Å². The van der Waals surface area contributed by atoms with Gasteiger partial charge in [-0.05, 0) is 0 Å². The van der Waals surface area contributed by atoms with Crippen LogP contribution in [0.4, 0.5) is 0 Å². The van der Waals surface area contributed by atoms with Crippen LogP contribution in [0.15, 0.2) is 0 Å². The van der Waals surface area contributed by atoms with Crippen LogP contribution in [-0.4, -0.2) is 0 Å². The molecule has 0 atom stereocenters. The fraction of sp³-hybridized carbons (Fsp3) is 0.889. The molecule has 0 saturated carbocycles. The minimum Gasteiger partial charge on any atom is -0.314 e. The third-order valence-electron chi connectivity index (χ3n) is 1.72. The standard InChI is InChI=1S/C9H19.Rh/c1-7(2)6-9(5)8(3)4;/h7-8H,6H2,1-5H3;/q-1;. The van der Waals surface area contributed by atoms with Crippen LogP contribution in [0.25, 0.3) is 0 Å². The van der Waals surface area contributed by atoms with Crippen LogP contribution < -0.4 is 0 Å². The van der Waals surface area contributed by atoms with Gasteiger partial charge >= 0.3 is 0 Å². The van der Waals surface area contributed by atoms with Crippen molar-refractivity contribution < 1.29 is 19.5 Å². The van der Waals surface area contributed by atoms with E-state index in [-0.39, 0.29) is 19.5 Å². The Hall–Kier alpha value is 0.623. The van der Waals surface area contributed by atoms with Gasteiger partial charge in [-0.15, -0.1) is 0 Å². The predicted molar refractivity (Wildman–Crippen MR) is 43.2 cm³/mol. The number of rotatable bonds is 3. The van der Waals surface area contributed by atoms with Gasteiger partial charge in [-0.3, -0.25) is 0 Å². The van der Waals surface area contributed by atoms with E-state index in [1.54, 1.807) is 5.92 Å². The summed E-state index contributed by atoms with van der Waals surface area (Å²) in [7, 11) is 0. The van der Waals surface area contributed by atoms with E-state index >= 15 is 0 Å². The largest absolute Gasteiger partial charge is 0.314 e. The molecule has 0 saturated heterocycles. The van der Waals surface area contributed by atoms with Crippen LogP contribution in [0.2, 0.25) is 0 Å². The Kier molecular flexibility index (Phi) is 8.39. The molecule has 0 aromatic carbocycles. The van der Waals surface area contributed by atoms with Crippen LogP contribution in [-0.2, 0) is 19.5 Å². The Morgan fingerprint density at radius 1 is 1.10 bits per heavy atom. The summed E-state index contributed by atoms with van der Waals surface area (Å²) in [4.78, 5) is 0. The van der Waals surface area contributed by atoms with Gasteiger partial charge in [-0.2, -0.15) is 19.3 Å². The van der Waals surface area contributed by atoms with Crippen molar-refractivity contribution >= 4 is 0 Å². The first kappa shape index (κ1) is 13.2. The molecule has 0 unspecified atom stereocenters. The first-order valence-electron chi connectivity index (χ1n) is 3.86. The fourth-order valence-electron chi connectivity index (χ4n) is 0.880. The van der Waals surface area contributed by atoms with E-state index in [2.05, 4.69) is 34.6 Å². The van der Waals surface area contributed by atoms with Gasteiger partial charge in [0, 0.05) is 19.5 Å². The second-order valence-corrected chi connectivity index (χ2v) is 3.60. The summed E-state index contributed by atoms with van der Waals surface area (Å²) in [6.07, 6.45) is 1.29. The van der Waals surface area contributed by atoms with E-state index in [4.69, 9.17) is 0 Å².